The van der Waals surface area contributed by atoms with Crippen LogP contribution in [-0.2, 0) is 9.47 Å². The number of anilines is 1. The number of unbranched alkanes of at least 4 members (excludes halogenated alkanes) is 1. The summed E-state index contributed by atoms with van der Waals surface area (Å²) in [4.78, 5) is 0.869. The first kappa shape index (κ1) is 19.9. The van der Waals surface area contributed by atoms with E-state index in [9.17, 15) is 0 Å². The highest BCUT2D eigenvalue weighted by Crippen LogP contribution is 2.24. The fourth-order valence-electron chi connectivity index (χ4n) is 2.65. The summed E-state index contributed by atoms with van der Waals surface area (Å²) < 4.78 is 16.7. The SMILES string of the molecule is CCCCC(=S)Nc1ccc(OC)cc1/C=C\COC1CCCCO1. The van der Waals surface area contributed by atoms with Crippen molar-refractivity contribution in [1.82, 2.24) is 0 Å². The molecule has 5 heteroatoms. The van der Waals surface area contributed by atoms with Crippen molar-refractivity contribution in [2.75, 3.05) is 25.6 Å². The van der Waals surface area contributed by atoms with E-state index in [4.69, 9.17) is 26.4 Å². The largest absolute Gasteiger partial charge is 0.497 e. The number of methoxy groups -OCH3 is 1. The molecule has 1 aromatic rings. The van der Waals surface area contributed by atoms with E-state index in [0.717, 1.165) is 60.7 Å². The average Bonchev–Trinajstić information content (AvgIpc) is 2.65. The molecule has 0 spiro atoms. The zero-order valence-corrected chi connectivity index (χ0v) is 16.1. The van der Waals surface area contributed by atoms with E-state index in [1.54, 1.807) is 7.11 Å². The molecule has 25 heavy (non-hydrogen) atoms. The Morgan fingerprint density at radius 2 is 2.28 bits per heavy atom. The maximum absolute atomic E-state index is 5.75. The second-order valence-corrected chi connectivity index (χ2v) is 6.63. The maximum atomic E-state index is 5.75. The number of ether oxygens (including phenoxy) is 3. The molecule has 1 saturated heterocycles. The van der Waals surface area contributed by atoms with Crippen molar-refractivity contribution < 1.29 is 14.2 Å². The van der Waals surface area contributed by atoms with E-state index in [2.05, 4.69) is 12.2 Å². The first-order valence-corrected chi connectivity index (χ1v) is 9.51. The molecule has 138 valence electrons. The normalized spacial score (nSPS) is 17.6. The fraction of sp³-hybridized carbons (Fsp3) is 0.550. The fourth-order valence-corrected chi connectivity index (χ4v) is 2.90. The minimum atomic E-state index is -0.0667. The Labute approximate surface area is 156 Å². The van der Waals surface area contributed by atoms with Gasteiger partial charge in [-0.1, -0.05) is 37.7 Å². The second-order valence-electron chi connectivity index (χ2n) is 6.14. The van der Waals surface area contributed by atoms with Crippen molar-refractivity contribution in [3.8, 4) is 5.75 Å². The smallest absolute Gasteiger partial charge is 0.157 e. The Morgan fingerprint density at radius 3 is 3.00 bits per heavy atom. The summed E-state index contributed by atoms with van der Waals surface area (Å²) in [7, 11) is 1.67. The molecule has 1 aliphatic rings. The predicted molar refractivity (Wildman–Crippen MR) is 107 cm³/mol. The van der Waals surface area contributed by atoms with Crippen LogP contribution in [-0.4, -0.2) is 31.6 Å². The van der Waals surface area contributed by atoms with Gasteiger partial charge < -0.3 is 19.5 Å². The molecular formula is C20H29NO3S. The highest BCUT2D eigenvalue weighted by Gasteiger charge is 2.12. The van der Waals surface area contributed by atoms with E-state index in [0.29, 0.717) is 6.61 Å². The first-order chi connectivity index (χ1) is 12.2. The maximum Gasteiger partial charge on any atom is 0.157 e. The highest BCUT2D eigenvalue weighted by atomic mass is 32.1. The van der Waals surface area contributed by atoms with Crippen LogP contribution in [0.25, 0.3) is 6.08 Å². The lowest BCUT2D eigenvalue weighted by Gasteiger charge is -2.21. The van der Waals surface area contributed by atoms with Gasteiger partial charge in [-0.05, 0) is 50.3 Å². The van der Waals surface area contributed by atoms with Crippen LogP contribution in [0.15, 0.2) is 24.3 Å². The lowest BCUT2D eigenvalue weighted by atomic mass is 10.1. The predicted octanol–water partition coefficient (Wildman–Crippen LogP) is 5.18. The number of rotatable bonds is 9. The van der Waals surface area contributed by atoms with Crippen molar-refractivity contribution in [3.63, 3.8) is 0 Å². The summed E-state index contributed by atoms with van der Waals surface area (Å²) in [5.41, 5.74) is 2.03. The third-order valence-corrected chi connectivity index (χ3v) is 4.41. The Morgan fingerprint density at radius 1 is 1.40 bits per heavy atom. The van der Waals surface area contributed by atoms with Gasteiger partial charge in [-0.15, -0.1) is 0 Å². The van der Waals surface area contributed by atoms with Gasteiger partial charge in [-0.25, -0.2) is 0 Å². The molecule has 0 saturated carbocycles. The van der Waals surface area contributed by atoms with Crippen molar-refractivity contribution in [3.05, 3.63) is 29.8 Å². The molecule has 2 rings (SSSR count). The van der Waals surface area contributed by atoms with Crippen LogP contribution in [0.4, 0.5) is 5.69 Å². The summed E-state index contributed by atoms with van der Waals surface area (Å²) in [5, 5.41) is 3.35. The summed E-state index contributed by atoms with van der Waals surface area (Å²) in [6.45, 7) is 3.50. The van der Waals surface area contributed by atoms with Gasteiger partial charge in [0.1, 0.15) is 5.75 Å². The Kier molecular flexibility index (Phi) is 8.94. The zero-order chi connectivity index (χ0) is 17.9. The molecule has 4 nitrogen and oxygen atoms in total. The Balaban J connectivity index is 1.95. The van der Waals surface area contributed by atoms with E-state index >= 15 is 0 Å². The minimum Gasteiger partial charge on any atom is -0.497 e. The zero-order valence-electron chi connectivity index (χ0n) is 15.3. The van der Waals surface area contributed by atoms with Crippen molar-refractivity contribution in [1.29, 1.82) is 0 Å². The molecule has 0 bridgehead atoms. The van der Waals surface area contributed by atoms with E-state index in [-0.39, 0.29) is 6.29 Å². The van der Waals surface area contributed by atoms with Gasteiger partial charge >= 0.3 is 0 Å². The van der Waals surface area contributed by atoms with Gasteiger partial charge in [0.25, 0.3) is 0 Å². The van der Waals surface area contributed by atoms with Gasteiger partial charge in [-0.2, -0.15) is 0 Å². The molecule has 1 unspecified atom stereocenters. The quantitative estimate of drug-likeness (QED) is 0.612. The second kappa shape index (κ2) is 11.2. The lowest BCUT2D eigenvalue weighted by molar-refractivity contribution is -0.155. The van der Waals surface area contributed by atoms with Gasteiger partial charge in [0.15, 0.2) is 6.29 Å². The average molecular weight is 364 g/mol. The van der Waals surface area contributed by atoms with Crippen LogP contribution in [0.1, 0.15) is 51.0 Å². The molecular weight excluding hydrogens is 334 g/mol. The Bertz CT molecular complexity index is 568. The number of thiocarbonyl (C=S) groups is 1. The van der Waals surface area contributed by atoms with Gasteiger partial charge in [0, 0.05) is 17.9 Å². The number of hydrogen-bond donors (Lipinski definition) is 1. The van der Waals surface area contributed by atoms with Crippen LogP contribution >= 0.6 is 12.2 Å². The molecule has 0 amide bonds. The summed E-state index contributed by atoms with van der Waals surface area (Å²) in [5.74, 6) is 0.821. The van der Waals surface area contributed by atoms with Gasteiger partial charge in [-0.3, -0.25) is 0 Å². The first-order valence-electron chi connectivity index (χ1n) is 9.10. The standard InChI is InChI=1S/C20H29NO3S/c1-3-4-9-19(25)21-18-12-11-17(22-2)15-16(18)8-7-14-24-20-10-5-6-13-23-20/h7-8,11-12,15,20H,3-6,9-10,13-14H2,1-2H3,(H,21,25)/b8-7-. The topological polar surface area (TPSA) is 39.7 Å². The van der Waals surface area contributed by atoms with E-state index in [1.807, 2.05) is 30.4 Å². The molecule has 1 fully saturated rings. The molecule has 0 aliphatic carbocycles. The third-order valence-electron chi connectivity index (χ3n) is 4.10. The third kappa shape index (κ3) is 7.14. The van der Waals surface area contributed by atoms with Crippen LogP contribution in [0.3, 0.4) is 0 Å². The van der Waals surface area contributed by atoms with Gasteiger partial charge in [0.2, 0.25) is 0 Å². The van der Waals surface area contributed by atoms with Crippen LogP contribution in [0.5, 0.6) is 5.75 Å². The molecule has 0 radical (unpaired) electrons. The highest BCUT2D eigenvalue weighted by molar-refractivity contribution is 7.80. The van der Waals surface area contributed by atoms with E-state index in [1.165, 1.54) is 6.42 Å². The number of nitrogens with one attached hydrogen (secondary N) is 1. The monoisotopic (exact) mass is 363 g/mol. The number of benzene rings is 1. The van der Waals surface area contributed by atoms with Crippen LogP contribution < -0.4 is 10.1 Å². The van der Waals surface area contributed by atoms with Crippen molar-refractivity contribution in [2.24, 2.45) is 0 Å². The Hall–Kier alpha value is -1.43. The summed E-state index contributed by atoms with van der Waals surface area (Å²) in [6, 6.07) is 5.94. The summed E-state index contributed by atoms with van der Waals surface area (Å²) >= 11 is 5.44. The van der Waals surface area contributed by atoms with E-state index < -0.39 is 0 Å². The number of hydrogen-bond acceptors (Lipinski definition) is 4. The van der Waals surface area contributed by atoms with Gasteiger partial charge in [0.05, 0.1) is 18.7 Å². The van der Waals surface area contributed by atoms with Crippen LogP contribution in [0, 0.1) is 0 Å². The van der Waals surface area contributed by atoms with Crippen LogP contribution in [0.2, 0.25) is 0 Å². The summed E-state index contributed by atoms with van der Waals surface area (Å²) in [6.07, 6.45) is 10.4. The van der Waals surface area contributed by atoms with Crippen molar-refractivity contribution in [2.45, 2.75) is 51.7 Å². The van der Waals surface area contributed by atoms with Crippen molar-refractivity contribution >= 4 is 29.0 Å². The molecule has 1 N–H and O–H groups in total. The molecule has 1 heterocycles. The molecule has 1 atom stereocenters. The minimum absolute atomic E-state index is 0.0667. The molecule has 1 aromatic carbocycles. The molecule has 0 aromatic heterocycles. The lowest BCUT2D eigenvalue weighted by Crippen LogP contribution is -2.22. The molecule has 1 aliphatic heterocycles.